The van der Waals surface area contributed by atoms with Gasteiger partial charge in [-0.3, -0.25) is 9.59 Å². The van der Waals surface area contributed by atoms with Crippen LogP contribution < -0.4 is 9.47 Å². The molecule has 32 heavy (non-hydrogen) atoms. The molecule has 0 saturated carbocycles. The van der Waals surface area contributed by atoms with Crippen molar-refractivity contribution < 1.29 is 28.2 Å². The summed E-state index contributed by atoms with van der Waals surface area (Å²) in [5.74, 6) is -0.00554. The molecule has 170 valence electrons. The maximum absolute atomic E-state index is 13.5. The van der Waals surface area contributed by atoms with Crippen LogP contribution in [0.25, 0.3) is 0 Å². The first-order chi connectivity index (χ1) is 15.5. The number of nitrogens with zero attached hydrogens (tertiary/aromatic N) is 2. The molecule has 2 atom stereocenters. The predicted octanol–water partition coefficient (Wildman–Crippen LogP) is 2.56. The van der Waals surface area contributed by atoms with E-state index < -0.39 is 11.7 Å². The van der Waals surface area contributed by atoms with Gasteiger partial charge in [-0.2, -0.15) is 0 Å². The number of benzene rings is 2. The Labute approximate surface area is 186 Å². The van der Waals surface area contributed by atoms with Crippen LogP contribution >= 0.6 is 0 Å². The first-order valence-corrected chi connectivity index (χ1v) is 10.6. The number of carbonyl (C=O) groups excluding carboxylic acids is 2. The molecule has 8 heteroatoms. The molecule has 0 radical (unpaired) electrons. The zero-order valence-corrected chi connectivity index (χ0v) is 18.3. The standard InChI is InChI=1S/C24H27FN2O5/c1-30-18-7-8-19(22(13-18)31-2)20-14-27(23(28)16-3-5-17(25)6-4-16)15-21(20)24(29)26-9-11-32-12-10-26/h3-8,13,20-21H,9-12,14-15H2,1-2H3/t20-,21-/m0/s1. The molecule has 2 amide bonds. The van der Waals surface area contributed by atoms with Gasteiger partial charge < -0.3 is 24.0 Å². The number of ether oxygens (including phenoxy) is 3. The molecule has 0 bridgehead atoms. The van der Waals surface area contributed by atoms with Gasteiger partial charge in [-0.05, 0) is 30.3 Å². The summed E-state index contributed by atoms with van der Waals surface area (Å²) in [4.78, 5) is 30.1. The van der Waals surface area contributed by atoms with E-state index in [0.29, 0.717) is 49.9 Å². The number of hydrogen-bond donors (Lipinski definition) is 0. The lowest BCUT2D eigenvalue weighted by atomic mass is 9.87. The van der Waals surface area contributed by atoms with Gasteiger partial charge in [0.2, 0.25) is 5.91 Å². The van der Waals surface area contributed by atoms with Crippen molar-refractivity contribution in [1.82, 2.24) is 9.80 Å². The molecule has 2 heterocycles. The SMILES string of the molecule is COc1ccc([C@@H]2CN(C(=O)c3ccc(F)cc3)C[C@@H]2C(=O)N2CCOCC2)c(OC)c1. The number of methoxy groups -OCH3 is 2. The second kappa shape index (κ2) is 9.56. The highest BCUT2D eigenvalue weighted by Gasteiger charge is 2.43. The van der Waals surface area contributed by atoms with Gasteiger partial charge in [-0.1, -0.05) is 6.07 Å². The van der Waals surface area contributed by atoms with Crippen LogP contribution in [0.5, 0.6) is 11.5 Å². The second-order valence-electron chi connectivity index (χ2n) is 7.98. The van der Waals surface area contributed by atoms with Crippen LogP contribution in [-0.4, -0.2) is 75.2 Å². The molecular weight excluding hydrogens is 415 g/mol. The lowest BCUT2D eigenvalue weighted by Gasteiger charge is -2.31. The van der Waals surface area contributed by atoms with E-state index in [0.717, 1.165) is 5.56 Å². The number of amides is 2. The van der Waals surface area contributed by atoms with Crippen LogP contribution in [0.3, 0.4) is 0 Å². The van der Waals surface area contributed by atoms with Gasteiger partial charge in [0, 0.05) is 49.3 Å². The third-order valence-corrected chi connectivity index (χ3v) is 6.18. The monoisotopic (exact) mass is 442 g/mol. The fourth-order valence-corrected chi connectivity index (χ4v) is 4.45. The van der Waals surface area contributed by atoms with E-state index in [9.17, 15) is 14.0 Å². The van der Waals surface area contributed by atoms with Crippen LogP contribution in [0.1, 0.15) is 21.8 Å². The van der Waals surface area contributed by atoms with Gasteiger partial charge in [0.1, 0.15) is 17.3 Å². The van der Waals surface area contributed by atoms with E-state index in [2.05, 4.69) is 0 Å². The molecule has 7 nitrogen and oxygen atoms in total. The molecular formula is C24H27FN2O5. The zero-order chi connectivity index (χ0) is 22.7. The van der Waals surface area contributed by atoms with Gasteiger partial charge in [-0.15, -0.1) is 0 Å². The van der Waals surface area contributed by atoms with Crippen molar-refractivity contribution in [3.63, 3.8) is 0 Å². The topological polar surface area (TPSA) is 68.3 Å². The van der Waals surface area contributed by atoms with Crippen molar-refractivity contribution in [1.29, 1.82) is 0 Å². The highest BCUT2D eigenvalue weighted by Crippen LogP contribution is 2.40. The van der Waals surface area contributed by atoms with E-state index in [1.165, 1.54) is 24.3 Å². The Morgan fingerprint density at radius 3 is 2.34 bits per heavy atom. The number of carbonyl (C=O) groups is 2. The molecule has 0 N–H and O–H groups in total. The van der Waals surface area contributed by atoms with Gasteiger partial charge in [0.25, 0.3) is 5.91 Å². The van der Waals surface area contributed by atoms with E-state index >= 15 is 0 Å². The largest absolute Gasteiger partial charge is 0.497 e. The van der Waals surface area contributed by atoms with Crippen molar-refractivity contribution in [3.05, 3.63) is 59.4 Å². The van der Waals surface area contributed by atoms with E-state index in [-0.39, 0.29) is 24.3 Å². The Balaban J connectivity index is 1.65. The Morgan fingerprint density at radius 2 is 1.69 bits per heavy atom. The Kier molecular flexibility index (Phi) is 6.60. The molecule has 0 spiro atoms. The molecule has 2 aromatic rings. The maximum atomic E-state index is 13.5. The average Bonchev–Trinajstić information content (AvgIpc) is 3.29. The van der Waals surface area contributed by atoms with Crippen LogP contribution in [0.2, 0.25) is 0 Å². The van der Waals surface area contributed by atoms with Gasteiger partial charge in [-0.25, -0.2) is 4.39 Å². The average molecular weight is 442 g/mol. The fourth-order valence-electron chi connectivity index (χ4n) is 4.45. The number of morpholine rings is 1. The Morgan fingerprint density at radius 1 is 0.969 bits per heavy atom. The van der Waals surface area contributed by atoms with Crippen molar-refractivity contribution in [2.24, 2.45) is 5.92 Å². The maximum Gasteiger partial charge on any atom is 0.253 e. The number of hydrogen-bond acceptors (Lipinski definition) is 5. The second-order valence-corrected chi connectivity index (χ2v) is 7.98. The zero-order valence-electron chi connectivity index (χ0n) is 18.3. The molecule has 4 rings (SSSR count). The van der Waals surface area contributed by atoms with Crippen LogP contribution in [0.15, 0.2) is 42.5 Å². The summed E-state index contributed by atoms with van der Waals surface area (Å²) in [5, 5.41) is 0. The first kappa shape index (κ1) is 22.1. The van der Waals surface area contributed by atoms with Crippen LogP contribution in [-0.2, 0) is 9.53 Å². The molecule has 2 aliphatic heterocycles. The minimum Gasteiger partial charge on any atom is -0.497 e. The number of halogens is 1. The summed E-state index contributed by atoms with van der Waals surface area (Å²) in [5.41, 5.74) is 1.25. The molecule has 0 aliphatic carbocycles. The van der Waals surface area contributed by atoms with Crippen molar-refractivity contribution >= 4 is 11.8 Å². The Hall–Kier alpha value is -3.13. The molecule has 2 saturated heterocycles. The number of rotatable bonds is 5. The van der Waals surface area contributed by atoms with Gasteiger partial charge in [0.15, 0.2) is 0 Å². The molecule has 0 unspecified atom stereocenters. The normalized spacial score (nSPS) is 20.8. The van der Waals surface area contributed by atoms with Crippen LogP contribution in [0, 0.1) is 11.7 Å². The minimum absolute atomic E-state index is 0.00516. The summed E-state index contributed by atoms with van der Waals surface area (Å²) >= 11 is 0. The highest BCUT2D eigenvalue weighted by molar-refractivity contribution is 5.95. The van der Waals surface area contributed by atoms with Gasteiger partial charge >= 0.3 is 0 Å². The molecule has 2 fully saturated rings. The molecule has 0 aromatic heterocycles. The lowest BCUT2D eigenvalue weighted by Crippen LogP contribution is -2.45. The molecule has 2 aliphatic rings. The summed E-state index contributed by atoms with van der Waals surface area (Å²) in [7, 11) is 3.16. The highest BCUT2D eigenvalue weighted by atomic mass is 19.1. The number of likely N-dealkylation sites (tertiary alicyclic amines) is 1. The quantitative estimate of drug-likeness (QED) is 0.712. The van der Waals surface area contributed by atoms with E-state index in [1.807, 2.05) is 17.0 Å². The fraction of sp³-hybridized carbons (Fsp3) is 0.417. The minimum atomic E-state index is -0.417. The Bertz CT molecular complexity index is 975. The third-order valence-electron chi connectivity index (χ3n) is 6.18. The summed E-state index contributed by atoms with van der Waals surface area (Å²) in [6, 6.07) is 11.0. The smallest absolute Gasteiger partial charge is 0.253 e. The summed E-state index contributed by atoms with van der Waals surface area (Å²) in [6.45, 7) is 2.73. The lowest BCUT2D eigenvalue weighted by molar-refractivity contribution is -0.139. The van der Waals surface area contributed by atoms with E-state index in [1.54, 1.807) is 25.2 Å². The first-order valence-electron chi connectivity index (χ1n) is 10.6. The van der Waals surface area contributed by atoms with Crippen molar-refractivity contribution in [2.45, 2.75) is 5.92 Å². The van der Waals surface area contributed by atoms with Crippen molar-refractivity contribution in [2.75, 3.05) is 53.6 Å². The predicted molar refractivity (Wildman–Crippen MR) is 115 cm³/mol. The summed E-state index contributed by atoms with van der Waals surface area (Å²) < 4.78 is 29.6. The van der Waals surface area contributed by atoms with Crippen LogP contribution in [0.4, 0.5) is 4.39 Å². The van der Waals surface area contributed by atoms with E-state index in [4.69, 9.17) is 14.2 Å². The third kappa shape index (κ3) is 4.41. The summed E-state index contributed by atoms with van der Waals surface area (Å²) in [6.07, 6.45) is 0. The van der Waals surface area contributed by atoms with Gasteiger partial charge in [0.05, 0.1) is 33.4 Å². The van der Waals surface area contributed by atoms with Crippen molar-refractivity contribution in [3.8, 4) is 11.5 Å². The molecule has 2 aromatic carbocycles.